The Morgan fingerprint density at radius 1 is 1.15 bits per heavy atom. The first kappa shape index (κ1) is 18.0. The Morgan fingerprint density at radius 3 is 2.58 bits per heavy atom. The predicted molar refractivity (Wildman–Crippen MR) is 106 cm³/mol. The molecule has 0 saturated heterocycles. The van der Waals surface area contributed by atoms with Gasteiger partial charge in [-0.25, -0.2) is 4.68 Å². The summed E-state index contributed by atoms with van der Waals surface area (Å²) in [5.74, 6) is 6.79. The Labute approximate surface area is 156 Å². The van der Waals surface area contributed by atoms with Gasteiger partial charge in [-0.05, 0) is 36.6 Å². The lowest BCUT2D eigenvalue weighted by Crippen LogP contribution is -2.16. The van der Waals surface area contributed by atoms with Crippen LogP contribution in [-0.4, -0.2) is 26.5 Å². The number of hydrogen-bond acceptors (Lipinski definition) is 5. The van der Waals surface area contributed by atoms with Gasteiger partial charge in [-0.2, -0.15) is 0 Å². The smallest absolute Gasteiger partial charge is 0.234 e. The number of benzene rings is 2. The Hall–Kier alpha value is -2.80. The second-order valence-electron chi connectivity index (χ2n) is 5.88. The summed E-state index contributed by atoms with van der Waals surface area (Å²) in [5.41, 5.74) is 4.01. The Balaban J connectivity index is 1.63. The van der Waals surface area contributed by atoms with E-state index in [0.29, 0.717) is 11.0 Å². The van der Waals surface area contributed by atoms with Crippen LogP contribution in [0.2, 0.25) is 0 Å². The van der Waals surface area contributed by atoms with Crippen LogP contribution in [0.3, 0.4) is 0 Å². The minimum atomic E-state index is -0.111. The van der Waals surface area contributed by atoms with Crippen LogP contribution >= 0.6 is 11.8 Å². The normalized spacial score (nSPS) is 10.7. The average molecular weight is 367 g/mol. The molecular formula is C19H21N5OS. The highest BCUT2D eigenvalue weighted by atomic mass is 32.2. The lowest BCUT2D eigenvalue weighted by Gasteiger charge is -2.07. The average Bonchev–Trinajstić information content (AvgIpc) is 3.01. The SMILES string of the molecule is CCc1ccc(NC(=O)CSc2nnc(-c3ccccc3C)n2N)cc1. The van der Waals surface area contributed by atoms with Gasteiger partial charge in [0, 0.05) is 11.3 Å². The molecule has 1 heterocycles. The van der Waals surface area contributed by atoms with Gasteiger partial charge in [0.15, 0.2) is 5.82 Å². The standard InChI is InChI=1S/C19H21N5OS/c1-3-14-8-10-15(11-9-14)21-17(25)12-26-19-23-22-18(24(19)20)16-7-5-4-6-13(16)2/h4-11H,3,12,20H2,1-2H3,(H,21,25). The van der Waals surface area contributed by atoms with E-state index in [2.05, 4.69) is 22.4 Å². The Kier molecular flexibility index (Phi) is 5.58. The third kappa shape index (κ3) is 4.05. The van der Waals surface area contributed by atoms with Crippen LogP contribution in [0.25, 0.3) is 11.4 Å². The van der Waals surface area contributed by atoms with E-state index in [4.69, 9.17) is 5.84 Å². The monoisotopic (exact) mass is 367 g/mol. The van der Waals surface area contributed by atoms with Crippen molar-refractivity contribution in [3.63, 3.8) is 0 Å². The van der Waals surface area contributed by atoms with E-state index in [-0.39, 0.29) is 11.7 Å². The van der Waals surface area contributed by atoms with Gasteiger partial charge in [-0.1, -0.05) is 55.1 Å². The van der Waals surface area contributed by atoms with Crippen molar-refractivity contribution in [1.82, 2.24) is 14.9 Å². The summed E-state index contributed by atoms with van der Waals surface area (Å²) in [6.45, 7) is 4.09. The number of hydrogen-bond donors (Lipinski definition) is 2. The summed E-state index contributed by atoms with van der Waals surface area (Å²) >= 11 is 1.26. The first-order valence-electron chi connectivity index (χ1n) is 8.36. The van der Waals surface area contributed by atoms with Crippen molar-refractivity contribution in [2.75, 3.05) is 16.9 Å². The number of aromatic nitrogens is 3. The molecular weight excluding hydrogens is 346 g/mol. The fourth-order valence-electron chi connectivity index (χ4n) is 2.53. The highest BCUT2D eigenvalue weighted by Gasteiger charge is 2.15. The molecule has 3 rings (SSSR count). The molecule has 0 aliphatic carbocycles. The van der Waals surface area contributed by atoms with Crippen molar-refractivity contribution >= 4 is 23.4 Å². The largest absolute Gasteiger partial charge is 0.335 e. The molecule has 1 aromatic heterocycles. The zero-order chi connectivity index (χ0) is 18.5. The van der Waals surface area contributed by atoms with Crippen molar-refractivity contribution in [2.45, 2.75) is 25.4 Å². The topological polar surface area (TPSA) is 85.8 Å². The van der Waals surface area contributed by atoms with Crippen molar-refractivity contribution < 1.29 is 4.79 Å². The minimum Gasteiger partial charge on any atom is -0.335 e. The Bertz CT molecular complexity index is 905. The summed E-state index contributed by atoms with van der Waals surface area (Å²) < 4.78 is 1.43. The number of nitrogens with zero attached hydrogens (tertiary/aromatic N) is 3. The second kappa shape index (κ2) is 8.05. The lowest BCUT2D eigenvalue weighted by atomic mass is 10.1. The third-order valence-electron chi connectivity index (χ3n) is 4.03. The summed E-state index contributed by atoms with van der Waals surface area (Å²) in [7, 11) is 0. The maximum Gasteiger partial charge on any atom is 0.234 e. The number of nitrogens with two attached hydrogens (primary N) is 1. The van der Waals surface area contributed by atoms with E-state index < -0.39 is 0 Å². The predicted octanol–water partition coefficient (Wildman–Crippen LogP) is 3.26. The number of aryl methyl sites for hydroxylation is 2. The number of amides is 1. The van der Waals surface area contributed by atoms with Crippen molar-refractivity contribution in [3.05, 3.63) is 59.7 Å². The molecule has 3 N–H and O–H groups in total. The molecule has 134 valence electrons. The number of thioether (sulfide) groups is 1. The van der Waals surface area contributed by atoms with E-state index in [0.717, 1.165) is 23.2 Å². The second-order valence-corrected chi connectivity index (χ2v) is 6.82. The van der Waals surface area contributed by atoms with Gasteiger partial charge in [0.25, 0.3) is 0 Å². The van der Waals surface area contributed by atoms with Crippen LogP contribution in [0, 0.1) is 6.92 Å². The van der Waals surface area contributed by atoms with E-state index >= 15 is 0 Å². The van der Waals surface area contributed by atoms with Crippen molar-refractivity contribution in [2.24, 2.45) is 0 Å². The molecule has 1 amide bonds. The number of nitrogens with one attached hydrogen (secondary N) is 1. The molecule has 0 fully saturated rings. The van der Waals surface area contributed by atoms with Crippen LogP contribution in [0.4, 0.5) is 5.69 Å². The van der Waals surface area contributed by atoms with E-state index in [1.165, 1.54) is 22.0 Å². The molecule has 0 unspecified atom stereocenters. The molecule has 6 nitrogen and oxygen atoms in total. The van der Waals surface area contributed by atoms with Crippen LogP contribution in [0.1, 0.15) is 18.1 Å². The number of carbonyl (C=O) groups is 1. The quantitative estimate of drug-likeness (QED) is 0.516. The van der Waals surface area contributed by atoms with Crippen LogP contribution in [0.15, 0.2) is 53.7 Å². The lowest BCUT2D eigenvalue weighted by molar-refractivity contribution is -0.113. The van der Waals surface area contributed by atoms with Crippen LogP contribution in [-0.2, 0) is 11.2 Å². The van der Waals surface area contributed by atoms with Crippen molar-refractivity contribution in [1.29, 1.82) is 0 Å². The number of carbonyl (C=O) groups excluding carboxylic acids is 1. The molecule has 0 bridgehead atoms. The maximum absolute atomic E-state index is 12.2. The van der Waals surface area contributed by atoms with Crippen LogP contribution in [0.5, 0.6) is 0 Å². The van der Waals surface area contributed by atoms with Gasteiger partial charge in [0.05, 0.1) is 5.75 Å². The Morgan fingerprint density at radius 2 is 1.88 bits per heavy atom. The van der Waals surface area contributed by atoms with Gasteiger partial charge in [0.1, 0.15) is 0 Å². The van der Waals surface area contributed by atoms with E-state index in [9.17, 15) is 4.79 Å². The molecule has 2 aromatic carbocycles. The highest BCUT2D eigenvalue weighted by Crippen LogP contribution is 2.24. The summed E-state index contributed by atoms with van der Waals surface area (Å²) in [6, 6.07) is 15.7. The first-order valence-corrected chi connectivity index (χ1v) is 9.35. The molecule has 0 radical (unpaired) electrons. The molecule has 3 aromatic rings. The molecule has 0 atom stereocenters. The summed E-state index contributed by atoms with van der Waals surface area (Å²) in [6.07, 6.45) is 0.972. The number of anilines is 1. The fourth-order valence-corrected chi connectivity index (χ4v) is 3.19. The molecule has 0 aliphatic heterocycles. The fraction of sp³-hybridized carbons (Fsp3) is 0.211. The zero-order valence-corrected chi connectivity index (χ0v) is 15.6. The third-order valence-corrected chi connectivity index (χ3v) is 4.97. The van der Waals surface area contributed by atoms with Gasteiger partial charge >= 0.3 is 0 Å². The zero-order valence-electron chi connectivity index (χ0n) is 14.8. The van der Waals surface area contributed by atoms with Gasteiger partial charge in [0.2, 0.25) is 11.1 Å². The van der Waals surface area contributed by atoms with E-state index in [1.54, 1.807) is 0 Å². The van der Waals surface area contributed by atoms with Gasteiger partial charge < -0.3 is 11.2 Å². The van der Waals surface area contributed by atoms with Gasteiger partial charge in [-0.15, -0.1) is 10.2 Å². The maximum atomic E-state index is 12.2. The molecule has 0 aliphatic rings. The molecule has 0 saturated carbocycles. The first-order chi connectivity index (χ1) is 12.6. The molecule has 26 heavy (non-hydrogen) atoms. The summed E-state index contributed by atoms with van der Waals surface area (Å²) in [5, 5.41) is 11.6. The molecule has 7 heteroatoms. The van der Waals surface area contributed by atoms with E-state index in [1.807, 2.05) is 55.5 Å². The minimum absolute atomic E-state index is 0.111. The van der Waals surface area contributed by atoms with Gasteiger partial charge in [-0.3, -0.25) is 4.79 Å². The number of nitrogen functional groups attached to an aromatic ring is 1. The van der Waals surface area contributed by atoms with Crippen molar-refractivity contribution in [3.8, 4) is 11.4 Å². The summed E-state index contributed by atoms with van der Waals surface area (Å²) in [4.78, 5) is 12.2. The number of rotatable bonds is 6. The molecule has 0 spiro atoms. The van der Waals surface area contributed by atoms with Crippen LogP contribution < -0.4 is 11.2 Å². The highest BCUT2D eigenvalue weighted by molar-refractivity contribution is 7.99.